The summed E-state index contributed by atoms with van der Waals surface area (Å²) in [4.78, 5) is 26.7. The number of quaternary nitrogens is 1. The second kappa shape index (κ2) is 11.0. The molecule has 29 heavy (non-hydrogen) atoms. The molecule has 0 unspecified atom stereocenters. The fourth-order valence-electron chi connectivity index (χ4n) is 3.55. The zero-order chi connectivity index (χ0) is 20.5. The first-order valence-corrected chi connectivity index (χ1v) is 11.2. The van der Waals surface area contributed by atoms with E-state index in [9.17, 15) is 9.59 Å². The highest BCUT2D eigenvalue weighted by atomic mass is 32.2. The monoisotopic (exact) mass is 413 g/mol. The number of hydrogen-bond acceptors (Lipinski definition) is 4. The quantitative estimate of drug-likeness (QED) is 0.516. The first-order valence-electron chi connectivity index (χ1n) is 10.2. The molecule has 0 saturated carbocycles. The van der Waals surface area contributed by atoms with E-state index in [0.29, 0.717) is 13.2 Å². The van der Waals surface area contributed by atoms with Crippen molar-refractivity contribution >= 4 is 29.3 Å². The molecule has 0 radical (unpaired) electrons. The number of nitrogens with one attached hydrogen (secondary N) is 2. The zero-order valence-corrected chi connectivity index (χ0v) is 17.7. The Hall–Kier alpha value is -2.31. The van der Waals surface area contributed by atoms with Gasteiger partial charge in [0.1, 0.15) is 0 Å². The van der Waals surface area contributed by atoms with Crippen molar-refractivity contribution in [3.63, 3.8) is 0 Å². The van der Waals surface area contributed by atoms with Crippen LogP contribution in [0.15, 0.2) is 59.5 Å². The van der Waals surface area contributed by atoms with Gasteiger partial charge in [0.15, 0.2) is 6.54 Å². The minimum Gasteiger partial charge on any atom is -0.466 e. The van der Waals surface area contributed by atoms with Crippen LogP contribution >= 0.6 is 11.8 Å². The lowest BCUT2D eigenvalue weighted by Gasteiger charge is -2.27. The number of esters is 1. The van der Waals surface area contributed by atoms with E-state index in [1.807, 2.05) is 49.4 Å². The molecule has 1 saturated heterocycles. The lowest BCUT2D eigenvalue weighted by Crippen LogP contribution is -3.14. The number of para-hydroxylation sites is 1. The number of anilines is 1. The molecule has 0 spiro atoms. The maximum Gasteiger partial charge on any atom is 0.309 e. The lowest BCUT2D eigenvalue weighted by molar-refractivity contribution is -0.897. The molecule has 1 heterocycles. The van der Waals surface area contributed by atoms with E-state index in [2.05, 4.69) is 17.4 Å². The van der Waals surface area contributed by atoms with Gasteiger partial charge in [-0.15, -0.1) is 11.8 Å². The van der Waals surface area contributed by atoms with Gasteiger partial charge < -0.3 is 15.0 Å². The van der Waals surface area contributed by atoms with Gasteiger partial charge >= 0.3 is 5.97 Å². The number of benzene rings is 2. The molecule has 2 N–H and O–H groups in total. The summed E-state index contributed by atoms with van der Waals surface area (Å²) < 4.78 is 5.11. The van der Waals surface area contributed by atoms with Gasteiger partial charge in [0.2, 0.25) is 0 Å². The van der Waals surface area contributed by atoms with Gasteiger partial charge in [0.25, 0.3) is 5.91 Å². The molecule has 154 valence electrons. The Kier molecular flexibility index (Phi) is 8.14. The Morgan fingerprint density at radius 3 is 2.48 bits per heavy atom. The Bertz CT molecular complexity index is 805. The first kappa shape index (κ1) is 21.4. The highest BCUT2D eigenvalue weighted by molar-refractivity contribution is 7.98. The number of ether oxygens (including phenoxy) is 1. The molecule has 5 nitrogen and oxygen atoms in total. The lowest BCUT2D eigenvalue weighted by atomic mass is 9.97. The third-order valence-corrected chi connectivity index (χ3v) is 6.27. The number of carbonyl (C=O) groups excluding carboxylic acids is 2. The minimum atomic E-state index is -0.0969. The van der Waals surface area contributed by atoms with Crippen molar-refractivity contribution < 1.29 is 19.2 Å². The molecule has 0 aliphatic carbocycles. The maximum atomic E-state index is 12.6. The van der Waals surface area contributed by atoms with E-state index < -0.39 is 0 Å². The SMILES string of the molecule is CCOC(=O)C1CC[NH+](CC(=O)Nc2ccccc2SCc2ccccc2)CC1. The van der Waals surface area contributed by atoms with Gasteiger partial charge in [-0.2, -0.15) is 0 Å². The summed E-state index contributed by atoms with van der Waals surface area (Å²) in [6, 6.07) is 18.2. The largest absolute Gasteiger partial charge is 0.466 e. The molecule has 1 aliphatic rings. The van der Waals surface area contributed by atoms with E-state index in [4.69, 9.17) is 4.74 Å². The fourth-order valence-corrected chi connectivity index (χ4v) is 4.52. The van der Waals surface area contributed by atoms with Crippen LogP contribution in [0.3, 0.4) is 0 Å². The maximum absolute atomic E-state index is 12.6. The summed E-state index contributed by atoms with van der Waals surface area (Å²) in [5.74, 6) is 0.764. The molecule has 0 aromatic heterocycles. The number of rotatable bonds is 8. The molecule has 1 aliphatic heterocycles. The van der Waals surface area contributed by atoms with Crippen LogP contribution in [0.5, 0.6) is 0 Å². The molecular weight excluding hydrogens is 384 g/mol. The highest BCUT2D eigenvalue weighted by Crippen LogP contribution is 2.29. The van der Waals surface area contributed by atoms with Crippen molar-refractivity contribution in [1.29, 1.82) is 0 Å². The van der Waals surface area contributed by atoms with Gasteiger partial charge in [-0.3, -0.25) is 9.59 Å². The molecule has 2 aromatic carbocycles. The van der Waals surface area contributed by atoms with Crippen LogP contribution < -0.4 is 10.2 Å². The minimum absolute atomic E-state index is 0.0161. The summed E-state index contributed by atoms with van der Waals surface area (Å²) in [6.45, 7) is 4.32. The normalized spacial score (nSPS) is 18.8. The Balaban J connectivity index is 1.49. The van der Waals surface area contributed by atoms with Crippen molar-refractivity contribution in [3.8, 4) is 0 Å². The topological polar surface area (TPSA) is 59.8 Å². The van der Waals surface area contributed by atoms with Gasteiger partial charge in [0.05, 0.1) is 31.3 Å². The predicted octanol–water partition coefficient (Wildman–Crippen LogP) is 2.78. The Morgan fingerprint density at radius 2 is 1.76 bits per heavy atom. The number of likely N-dealkylation sites (tertiary alicyclic amines) is 1. The summed E-state index contributed by atoms with van der Waals surface area (Å²) in [5.41, 5.74) is 2.12. The van der Waals surface area contributed by atoms with Crippen LogP contribution in [0, 0.1) is 5.92 Å². The van der Waals surface area contributed by atoms with Crippen molar-refractivity contribution in [2.24, 2.45) is 5.92 Å². The average Bonchev–Trinajstić information content (AvgIpc) is 2.74. The molecule has 3 rings (SSSR count). The van der Waals surface area contributed by atoms with Crippen molar-refractivity contribution in [2.75, 3.05) is 31.6 Å². The van der Waals surface area contributed by atoms with E-state index >= 15 is 0 Å². The van der Waals surface area contributed by atoms with Crippen molar-refractivity contribution in [1.82, 2.24) is 0 Å². The summed E-state index contributed by atoms with van der Waals surface area (Å²) >= 11 is 1.72. The van der Waals surface area contributed by atoms with Gasteiger partial charge in [-0.25, -0.2) is 0 Å². The third kappa shape index (κ3) is 6.61. The average molecular weight is 414 g/mol. The fraction of sp³-hybridized carbons (Fsp3) is 0.391. The second-order valence-electron chi connectivity index (χ2n) is 7.27. The summed E-state index contributed by atoms with van der Waals surface area (Å²) in [7, 11) is 0. The molecule has 1 fully saturated rings. The van der Waals surface area contributed by atoms with Crippen LogP contribution in [0.2, 0.25) is 0 Å². The molecule has 2 aromatic rings. The molecule has 6 heteroatoms. The van der Waals surface area contributed by atoms with Crippen LogP contribution in [0.4, 0.5) is 5.69 Å². The number of thioether (sulfide) groups is 1. The van der Waals surface area contributed by atoms with Gasteiger partial charge in [0, 0.05) is 23.5 Å². The van der Waals surface area contributed by atoms with E-state index in [1.54, 1.807) is 11.8 Å². The van der Waals surface area contributed by atoms with Gasteiger partial charge in [-0.1, -0.05) is 42.5 Å². The van der Waals surface area contributed by atoms with Crippen molar-refractivity contribution in [3.05, 3.63) is 60.2 Å². The number of carbonyl (C=O) groups is 2. The third-order valence-electron chi connectivity index (χ3n) is 5.12. The van der Waals surface area contributed by atoms with Crippen molar-refractivity contribution in [2.45, 2.75) is 30.4 Å². The number of amides is 1. The molecule has 0 bridgehead atoms. The van der Waals surface area contributed by atoms with Crippen LogP contribution in [0.1, 0.15) is 25.3 Å². The second-order valence-corrected chi connectivity index (χ2v) is 8.29. The Labute approximate surface area is 176 Å². The molecule has 1 amide bonds. The highest BCUT2D eigenvalue weighted by Gasteiger charge is 2.29. The van der Waals surface area contributed by atoms with E-state index in [1.165, 1.54) is 10.5 Å². The Morgan fingerprint density at radius 1 is 1.07 bits per heavy atom. The smallest absolute Gasteiger partial charge is 0.309 e. The predicted molar refractivity (Wildman–Crippen MR) is 116 cm³/mol. The van der Waals surface area contributed by atoms with Crippen LogP contribution in [-0.2, 0) is 20.1 Å². The van der Waals surface area contributed by atoms with E-state index in [-0.39, 0.29) is 17.8 Å². The van der Waals surface area contributed by atoms with Crippen LogP contribution in [0.25, 0.3) is 0 Å². The van der Waals surface area contributed by atoms with Gasteiger partial charge in [-0.05, 0) is 24.6 Å². The number of piperidine rings is 1. The van der Waals surface area contributed by atoms with Crippen LogP contribution in [-0.4, -0.2) is 38.1 Å². The zero-order valence-electron chi connectivity index (χ0n) is 16.9. The standard InChI is InChI=1S/C23H28N2O3S/c1-2-28-23(27)19-12-14-25(15-13-19)16-22(26)24-20-10-6-7-11-21(20)29-17-18-8-4-3-5-9-18/h3-11,19H,2,12-17H2,1H3,(H,24,26)/p+1. The first-order chi connectivity index (χ1) is 14.2. The summed E-state index contributed by atoms with van der Waals surface area (Å²) in [5, 5.41) is 3.08. The molecule has 0 atom stereocenters. The van der Waals surface area contributed by atoms with E-state index in [0.717, 1.165) is 42.3 Å². The number of hydrogen-bond donors (Lipinski definition) is 2. The summed E-state index contributed by atoms with van der Waals surface area (Å²) in [6.07, 6.45) is 1.57. The molecular formula is C23H29N2O3S+.